The summed E-state index contributed by atoms with van der Waals surface area (Å²) in [7, 11) is 0. The van der Waals surface area contributed by atoms with E-state index in [0.717, 1.165) is 6.42 Å². The molecule has 0 aliphatic heterocycles. The molecular formula is C22H24Cl2SiTi. The van der Waals surface area contributed by atoms with Gasteiger partial charge in [0.15, 0.2) is 0 Å². The van der Waals surface area contributed by atoms with Crippen molar-refractivity contribution in [3.05, 3.63) is 75.2 Å². The van der Waals surface area contributed by atoms with E-state index in [4.69, 9.17) is 0 Å². The van der Waals surface area contributed by atoms with E-state index >= 15 is 0 Å². The van der Waals surface area contributed by atoms with Crippen LogP contribution in [0.2, 0.25) is 13.1 Å². The van der Waals surface area contributed by atoms with E-state index in [1.54, 1.807) is 15.0 Å². The first kappa shape index (κ1) is 21.7. The molecule has 0 unspecified atom stereocenters. The number of allylic oxidation sites excluding steroid dienone is 4. The summed E-state index contributed by atoms with van der Waals surface area (Å²) in [6.07, 6.45) is 8.10. The van der Waals surface area contributed by atoms with Gasteiger partial charge in [0.1, 0.15) is 0 Å². The minimum absolute atomic E-state index is 0. The average molecular weight is 435 g/mol. The number of hydrogen-bond acceptors (Lipinski definition) is 0. The van der Waals surface area contributed by atoms with Crippen molar-refractivity contribution in [1.29, 1.82) is 0 Å². The predicted molar refractivity (Wildman–Crippen MR) is 103 cm³/mol. The van der Waals surface area contributed by atoms with Gasteiger partial charge in [-0.3, -0.25) is 0 Å². The Morgan fingerprint density at radius 1 is 0.962 bits per heavy atom. The number of hydrogen-bond donors (Lipinski definition) is 0. The Morgan fingerprint density at radius 3 is 2.42 bits per heavy atom. The Balaban J connectivity index is 0.00000121. The SMILES string of the molecule is CCC1=[C]([Ti+2]([c]2cccc3c2Cc2ccccc2-3)=[Si](C)C)CC=C1.[Cl-].[Cl-]. The van der Waals surface area contributed by atoms with Crippen LogP contribution in [0.5, 0.6) is 0 Å². The summed E-state index contributed by atoms with van der Waals surface area (Å²) in [6, 6.07) is 16.2. The van der Waals surface area contributed by atoms with Crippen LogP contribution in [0.4, 0.5) is 0 Å². The molecule has 2 aliphatic carbocycles. The van der Waals surface area contributed by atoms with Crippen LogP contribution in [0.25, 0.3) is 11.1 Å². The zero-order chi connectivity index (χ0) is 16.7. The molecule has 134 valence electrons. The van der Waals surface area contributed by atoms with Gasteiger partial charge in [-0.2, -0.15) is 0 Å². The minimum Gasteiger partial charge on any atom is -1.00 e. The van der Waals surface area contributed by atoms with Crippen LogP contribution in [0, 0.1) is 0 Å². The third kappa shape index (κ3) is 3.70. The molecule has 2 aromatic rings. The molecule has 0 fully saturated rings. The quantitative estimate of drug-likeness (QED) is 0.482. The molecule has 0 saturated carbocycles. The summed E-state index contributed by atoms with van der Waals surface area (Å²) < 4.78 is 3.63. The zero-order valence-electron chi connectivity index (χ0n) is 15.6. The number of halogens is 2. The molecule has 2 aromatic carbocycles. The summed E-state index contributed by atoms with van der Waals surface area (Å²) in [5, 5.41) is 0. The topological polar surface area (TPSA) is 0 Å². The van der Waals surface area contributed by atoms with Crippen LogP contribution < -0.4 is 28.7 Å². The van der Waals surface area contributed by atoms with Crippen LogP contribution >= 0.6 is 0 Å². The Bertz CT molecular complexity index is 921. The van der Waals surface area contributed by atoms with Crippen LogP contribution in [-0.4, -0.2) is 6.19 Å². The first-order valence-electron chi connectivity index (χ1n) is 8.97. The van der Waals surface area contributed by atoms with Gasteiger partial charge in [0, 0.05) is 0 Å². The maximum absolute atomic E-state index is 2.56. The van der Waals surface area contributed by atoms with Crippen molar-refractivity contribution in [3.63, 3.8) is 0 Å². The van der Waals surface area contributed by atoms with Crippen molar-refractivity contribution in [2.45, 2.75) is 39.3 Å². The molecule has 0 amide bonds. The van der Waals surface area contributed by atoms with Crippen molar-refractivity contribution in [1.82, 2.24) is 0 Å². The largest absolute Gasteiger partial charge is 1.00 e. The molecule has 0 radical (unpaired) electrons. The van der Waals surface area contributed by atoms with Gasteiger partial charge in [0.2, 0.25) is 0 Å². The van der Waals surface area contributed by atoms with Gasteiger partial charge in [-0.1, -0.05) is 0 Å². The monoisotopic (exact) mass is 434 g/mol. The third-order valence-corrected chi connectivity index (χ3v) is 16.7. The summed E-state index contributed by atoms with van der Waals surface area (Å²) in [5.41, 5.74) is 7.83. The summed E-state index contributed by atoms with van der Waals surface area (Å²) in [6.45, 7) is 7.43. The van der Waals surface area contributed by atoms with Gasteiger partial charge in [-0.25, -0.2) is 0 Å². The molecule has 0 N–H and O–H groups in total. The maximum Gasteiger partial charge on any atom is -1.00 e. The molecule has 0 aromatic heterocycles. The van der Waals surface area contributed by atoms with Gasteiger partial charge < -0.3 is 24.8 Å². The molecule has 0 atom stereocenters. The second-order valence-electron chi connectivity index (χ2n) is 7.00. The summed E-state index contributed by atoms with van der Waals surface area (Å²) in [5.74, 6) is 0. The van der Waals surface area contributed by atoms with E-state index in [2.05, 4.69) is 74.6 Å². The van der Waals surface area contributed by atoms with E-state index in [1.165, 1.54) is 29.5 Å². The Hall–Kier alpha value is -0.569. The van der Waals surface area contributed by atoms with E-state index in [9.17, 15) is 0 Å². The number of fused-ring (bicyclic) bond motifs is 3. The van der Waals surface area contributed by atoms with E-state index in [0.29, 0.717) is 0 Å². The van der Waals surface area contributed by atoms with Gasteiger partial charge in [0.05, 0.1) is 0 Å². The molecule has 0 heterocycles. The Morgan fingerprint density at radius 2 is 1.69 bits per heavy atom. The second-order valence-corrected chi connectivity index (χ2v) is 18.7. The van der Waals surface area contributed by atoms with Crippen LogP contribution in [0.3, 0.4) is 0 Å². The van der Waals surface area contributed by atoms with Crippen molar-refractivity contribution in [3.8, 4) is 11.1 Å². The second kappa shape index (κ2) is 9.08. The predicted octanol–water partition coefficient (Wildman–Crippen LogP) is -0.616. The fraction of sp³-hybridized carbons (Fsp3) is 0.273. The molecule has 4 rings (SSSR count). The fourth-order valence-electron chi connectivity index (χ4n) is 4.27. The molecule has 0 nitrogen and oxygen atoms in total. The van der Waals surface area contributed by atoms with Crippen molar-refractivity contribution >= 4 is 10.1 Å². The van der Waals surface area contributed by atoms with Crippen molar-refractivity contribution in [2.24, 2.45) is 0 Å². The summed E-state index contributed by atoms with van der Waals surface area (Å²) >= 11 is -1.39. The van der Waals surface area contributed by atoms with Gasteiger partial charge in [-0.15, -0.1) is 0 Å². The van der Waals surface area contributed by atoms with Gasteiger partial charge in [0.25, 0.3) is 0 Å². The minimum atomic E-state index is -1.39. The molecule has 4 heteroatoms. The Kier molecular flexibility index (Phi) is 7.59. The van der Waals surface area contributed by atoms with Gasteiger partial charge in [-0.05, 0) is 0 Å². The van der Waals surface area contributed by atoms with Gasteiger partial charge >= 0.3 is 152 Å². The van der Waals surface area contributed by atoms with E-state index in [-0.39, 0.29) is 31.0 Å². The molecule has 0 bridgehead atoms. The van der Waals surface area contributed by atoms with E-state index in [1.807, 2.05) is 3.88 Å². The van der Waals surface area contributed by atoms with Crippen LogP contribution in [0.15, 0.2) is 64.1 Å². The van der Waals surface area contributed by atoms with E-state index < -0.39 is 16.6 Å². The molecule has 2 aliphatic rings. The Labute approximate surface area is 176 Å². The number of benzene rings is 2. The molecule has 0 saturated heterocycles. The zero-order valence-corrected chi connectivity index (χ0v) is 19.6. The van der Waals surface area contributed by atoms with Crippen molar-refractivity contribution < 1.29 is 41.4 Å². The summed E-state index contributed by atoms with van der Waals surface area (Å²) in [4.78, 5) is 0. The molecule has 26 heavy (non-hydrogen) atoms. The maximum atomic E-state index is 2.56. The van der Waals surface area contributed by atoms with Crippen LogP contribution in [-0.2, 0) is 23.0 Å². The van der Waals surface area contributed by atoms with Crippen molar-refractivity contribution in [2.75, 3.05) is 0 Å². The van der Waals surface area contributed by atoms with Crippen LogP contribution in [0.1, 0.15) is 30.9 Å². The third-order valence-electron chi connectivity index (χ3n) is 5.33. The average Bonchev–Trinajstić information content (AvgIpc) is 3.19. The molecule has 0 spiro atoms. The fourth-order valence-corrected chi connectivity index (χ4v) is 16.0. The number of rotatable bonds is 3. The standard InChI is InChI=1S/C13H9.C7H9.C2H6Si.2ClH.Ti/c1-3-7-12-10(5-1)9-11-6-2-4-8-13(11)12;1-2-7-5-3-4-6-7;1-3-2;;;/h1-5,7-8H,9H2;3,5H,2,4H2,1H3;1-2H3;2*1H;/q;;;;;+2/p-2. The first-order valence-corrected chi connectivity index (χ1v) is 15.4. The first-order chi connectivity index (χ1) is 11.7. The molecular weight excluding hydrogens is 411 g/mol. The normalized spacial score (nSPS) is 13.3. The smallest absolute Gasteiger partial charge is 1.00 e.